The van der Waals surface area contributed by atoms with E-state index in [1.807, 2.05) is 4.90 Å². The van der Waals surface area contributed by atoms with Gasteiger partial charge < -0.3 is 15.1 Å². The largest absolute Gasteiger partial charge is 0.366 e. The van der Waals surface area contributed by atoms with Crippen molar-refractivity contribution in [2.45, 2.75) is 33.6 Å². The number of nitrogens with one attached hydrogen (secondary N) is 1. The van der Waals surface area contributed by atoms with E-state index in [4.69, 9.17) is 0 Å². The third-order valence-corrected chi connectivity index (χ3v) is 4.92. The summed E-state index contributed by atoms with van der Waals surface area (Å²) in [4.78, 5) is 39.1. The summed E-state index contributed by atoms with van der Waals surface area (Å²) in [6.07, 6.45) is 1.99. The molecule has 1 fully saturated rings. The van der Waals surface area contributed by atoms with Gasteiger partial charge in [0.05, 0.1) is 11.5 Å². The second kappa shape index (κ2) is 9.34. The molecule has 0 aliphatic carbocycles. The summed E-state index contributed by atoms with van der Waals surface area (Å²) >= 11 is 0. The second-order valence-electron chi connectivity index (χ2n) is 6.90. The molecule has 0 spiro atoms. The van der Waals surface area contributed by atoms with Crippen molar-refractivity contribution in [3.63, 3.8) is 0 Å². The average Bonchev–Trinajstić information content (AvgIpc) is 2.66. The molecule has 0 bridgehead atoms. The smallest absolute Gasteiger partial charge is 0.293 e. The number of nitrogens with zero attached hydrogens (tertiary/aromatic N) is 3. The molecule has 8 heteroatoms. The fourth-order valence-electron chi connectivity index (χ4n) is 3.26. The molecule has 2 amide bonds. The first-order valence-corrected chi connectivity index (χ1v) is 9.46. The van der Waals surface area contributed by atoms with E-state index in [0.29, 0.717) is 24.7 Å². The van der Waals surface area contributed by atoms with Crippen LogP contribution in [-0.4, -0.2) is 54.4 Å². The van der Waals surface area contributed by atoms with Crippen LogP contribution >= 0.6 is 0 Å². The third-order valence-electron chi connectivity index (χ3n) is 4.92. The molecule has 1 heterocycles. The van der Waals surface area contributed by atoms with Gasteiger partial charge in [-0.2, -0.15) is 0 Å². The number of likely N-dealkylation sites (N-methyl/N-ethyl adjacent to an activating group) is 2. The van der Waals surface area contributed by atoms with Gasteiger partial charge in [-0.25, -0.2) is 0 Å². The number of amides is 2. The van der Waals surface area contributed by atoms with Crippen molar-refractivity contribution in [3.8, 4) is 0 Å². The van der Waals surface area contributed by atoms with Gasteiger partial charge in [0.25, 0.3) is 11.6 Å². The van der Waals surface area contributed by atoms with Crippen molar-refractivity contribution >= 4 is 23.2 Å². The van der Waals surface area contributed by atoms with Crippen molar-refractivity contribution < 1.29 is 14.5 Å². The molecule has 1 aromatic carbocycles. The first-order valence-electron chi connectivity index (χ1n) is 9.46. The molecular weight excluding hydrogens is 348 g/mol. The number of carbonyl (C=O) groups excluding carboxylic acids is 2. The van der Waals surface area contributed by atoms with Gasteiger partial charge in [-0.1, -0.05) is 6.92 Å². The molecule has 0 atom stereocenters. The molecule has 0 aromatic heterocycles. The van der Waals surface area contributed by atoms with Gasteiger partial charge >= 0.3 is 0 Å². The molecule has 0 radical (unpaired) electrons. The van der Waals surface area contributed by atoms with Crippen LogP contribution in [0, 0.1) is 16.0 Å². The standard InChI is InChI=1S/C19H28N4O4/c1-4-20-18(24)13-21(5-2)19(25)15-6-7-16(17(12-15)23(26)27)22-10-8-14(3)9-11-22/h6-7,12,14H,4-5,8-11,13H2,1-3H3,(H,20,24). The van der Waals surface area contributed by atoms with E-state index in [1.54, 1.807) is 26.0 Å². The third kappa shape index (κ3) is 5.18. The minimum absolute atomic E-state index is 0.0653. The lowest BCUT2D eigenvalue weighted by atomic mass is 9.98. The maximum Gasteiger partial charge on any atom is 0.293 e. The zero-order chi connectivity index (χ0) is 20.0. The maximum atomic E-state index is 12.7. The summed E-state index contributed by atoms with van der Waals surface area (Å²) in [6.45, 7) is 8.06. The number of rotatable bonds is 7. The van der Waals surface area contributed by atoms with Gasteiger partial charge in [0.1, 0.15) is 5.69 Å². The fourth-order valence-corrected chi connectivity index (χ4v) is 3.26. The van der Waals surface area contributed by atoms with Crippen LogP contribution in [0.4, 0.5) is 11.4 Å². The second-order valence-corrected chi connectivity index (χ2v) is 6.90. The lowest BCUT2D eigenvalue weighted by Gasteiger charge is -2.31. The van der Waals surface area contributed by atoms with E-state index in [0.717, 1.165) is 25.9 Å². The Labute approximate surface area is 159 Å². The quantitative estimate of drug-likeness (QED) is 0.582. The topological polar surface area (TPSA) is 95.8 Å². The Bertz CT molecular complexity index is 699. The minimum atomic E-state index is -0.440. The van der Waals surface area contributed by atoms with Gasteiger partial charge in [0, 0.05) is 37.8 Å². The van der Waals surface area contributed by atoms with Crippen molar-refractivity contribution in [1.29, 1.82) is 0 Å². The fraction of sp³-hybridized carbons (Fsp3) is 0.579. The number of benzene rings is 1. The Hall–Kier alpha value is -2.64. The molecule has 1 N–H and O–H groups in total. The summed E-state index contributed by atoms with van der Waals surface area (Å²) in [5.41, 5.74) is 0.710. The summed E-state index contributed by atoms with van der Waals surface area (Å²) < 4.78 is 0. The predicted molar refractivity (Wildman–Crippen MR) is 104 cm³/mol. The van der Waals surface area contributed by atoms with Gasteiger partial charge in [-0.05, 0) is 44.7 Å². The van der Waals surface area contributed by atoms with Crippen LogP contribution in [0.25, 0.3) is 0 Å². The van der Waals surface area contributed by atoms with Gasteiger partial charge in [-0.3, -0.25) is 19.7 Å². The lowest BCUT2D eigenvalue weighted by molar-refractivity contribution is -0.384. The van der Waals surface area contributed by atoms with Gasteiger partial charge in [-0.15, -0.1) is 0 Å². The minimum Gasteiger partial charge on any atom is -0.366 e. The van der Waals surface area contributed by atoms with Crippen LogP contribution in [-0.2, 0) is 4.79 Å². The van der Waals surface area contributed by atoms with Crippen LogP contribution in [0.5, 0.6) is 0 Å². The highest BCUT2D eigenvalue weighted by atomic mass is 16.6. The lowest BCUT2D eigenvalue weighted by Crippen LogP contribution is -2.40. The molecule has 8 nitrogen and oxygen atoms in total. The Morgan fingerprint density at radius 1 is 1.30 bits per heavy atom. The Morgan fingerprint density at radius 2 is 1.96 bits per heavy atom. The predicted octanol–water partition coefficient (Wildman–Crippen LogP) is 2.43. The number of nitro groups is 1. The number of hydrogen-bond donors (Lipinski definition) is 1. The number of anilines is 1. The molecule has 2 rings (SSSR count). The molecule has 27 heavy (non-hydrogen) atoms. The number of carbonyl (C=O) groups is 2. The normalized spacial score (nSPS) is 14.7. The van der Waals surface area contributed by atoms with Crippen molar-refractivity contribution in [2.24, 2.45) is 5.92 Å². The number of nitro benzene ring substituents is 1. The highest BCUT2D eigenvalue weighted by Crippen LogP contribution is 2.32. The molecule has 1 saturated heterocycles. The highest BCUT2D eigenvalue weighted by molar-refractivity contribution is 5.97. The molecule has 148 valence electrons. The van der Waals surface area contributed by atoms with Crippen LogP contribution in [0.1, 0.15) is 44.0 Å². The maximum absolute atomic E-state index is 12.7. The monoisotopic (exact) mass is 376 g/mol. The average molecular weight is 376 g/mol. The molecule has 1 aliphatic heterocycles. The first-order chi connectivity index (χ1) is 12.9. The number of hydrogen-bond acceptors (Lipinski definition) is 5. The Kier molecular flexibility index (Phi) is 7.15. The van der Waals surface area contributed by atoms with Crippen LogP contribution < -0.4 is 10.2 Å². The zero-order valence-corrected chi connectivity index (χ0v) is 16.2. The highest BCUT2D eigenvalue weighted by Gasteiger charge is 2.26. The molecule has 1 aliphatic rings. The molecule has 0 saturated carbocycles. The van der Waals surface area contributed by atoms with Crippen molar-refractivity contribution in [2.75, 3.05) is 37.6 Å². The SMILES string of the molecule is CCNC(=O)CN(CC)C(=O)c1ccc(N2CCC(C)CC2)c([N+](=O)[O-])c1. The summed E-state index contributed by atoms with van der Waals surface area (Å²) in [5, 5.41) is 14.2. The molecule has 0 unspecified atom stereocenters. The van der Waals surface area contributed by atoms with Gasteiger partial charge in [0.2, 0.25) is 5.91 Å². The van der Waals surface area contributed by atoms with E-state index in [-0.39, 0.29) is 29.6 Å². The van der Waals surface area contributed by atoms with E-state index in [1.165, 1.54) is 11.0 Å². The van der Waals surface area contributed by atoms with Gasteiger partial charge in [0.15, 0.2) is 0 Å². The van der Waals surface area contributed by atoms with Crippen LogP contribution in [0.3, 0.4) is 0 Å². The number of piperidine rings is 1. The molecule has 1 aromatic rings. The van der Waals surface area contributed by atoms with Crippen molar-refractivity contribution in [1.82, 2.24) is 10.2 Å². The van der Waals surface area contributed by atoms with E-state index in [2.05, 4.69) is 12.2 Å². The Morgan fingerprint density at radius 3 is 2.52 bits per heavy atom. The van der Waals surface area contributed by atoms with E-state index < -0.39 is 4.92 Å². The molecular formula is C19H28N4O4. The zero-order valence-electron chi connectivity index (χ0n) is 16.2. The summed E-state index contributed by atoms with van der Waals surface area (Å²) in [7, 11) is 0. The van der Waals surface area contributed by atoms with E-state index >= 15 is 0 Å². The summed E-state index contributed by atoms with van der Waals surface area (Å²) in [5.74, 6) is -0.0135. The van der Waals surface area contributed by atoms with Crippen molar-refractivity contribution in [3.05, 3.63) is 33.9 Å². The van der Waals surface area contributed by atoms with E-state index in [9.17, 15) is 19.7 Å². The Balaban J connectivity index is 2.24. The van der Waals surface area contributed by atoms with Crippen LogP contribution in [0.2, 0.25) is 0 Å². The van der Waals surface area contributed by atoms with Crippen LogP contribution in [0.15, 0.2) is 18.2 Å². The first kappa shape index (κ1) is 20.7. The summed E-state index contributed by atoms with van der Waals surface area (Å²) in [6, 6.07) is 4.60.